The number of hydrogen-bond donors (Lipinski definition) is 2. The number of hydrogen-bond acceptors (Lipinski definition) is 2. The summed E-state index contributed by atoms with van der Waals surface area (Å²) in [6.07, 6.45) is 6.39. The van der Waals surface area contributed by atoms with Gasteiger partial charge >= 0.3 is 0 Å². The maximum Gasteiger partial charge on any atom is 0.222 e. The van der Waals surface area contributed by atoms with Crippen molar-refractivity contribution in [2.24, 2.45) is 11.8 Å². The monoisotopic (exact) mass is 210 g/mol. The number of amides is 1. The quantitative estimate of drug-likeness (QED) is 0.531. The summed E-state index contributed by atoms with van der Waals surface area (Å²) >= 11 is 0. The Bertz CT molecular complexity index is 216. The molecule has 86 valence electrons. The minimum atomic E-state index is 0.212. The minimum absolute atomic E-state index is 0.212. The Hall–Kier alpha value is -0.830. The van der Waals surface area contributed by atoms with Gasteiger partial charge in [0.05, 0.1) is 0 Å². The third-order valence-electron chi connectivity index (χ3n) is 3.12. The lowest BCUT2D eigenvalue weighted by Gasteiger charge is -2.28. The van der Waals surface area contributed by atoms with Crippen LogP contribution >= 0.6 is 0 Å². The summed E-state index contributed by atoms with van der Waals surface area (Å²) in [7, 11) is 1.72. The Morgan fingerprint density at radius 3 is 3.00 bits per heavy atom. The Kier molecular flexibility index (Phi) is 5.40. The lowest BCUT2D eigenvalue weighted by atomic mass is 9.81. The molecule has 0 heterocycles. The van der Waals surface area contributed by atoms with Gasteiger partial charge in [0.2, 0.25) is 5.91 Å². The first kappa shape index (κ1) is 12.2. The lowest BCUT2D eigenvalue weighted by molar-refractivity contribution is -0.125. The smallest absolute Gasteiger partial charge is 0.222 e. The van der Waals surface area contributed by atoms with Gasteiger partial charge in [-0.1, -0.05) is 12.5 Å². The standard InChI is InChI=1S/C12H22N2O/c1-3-7-14-9-10-5-4-6-11(8-10)12(15)13-2/h3,10-11,14H,1,4-9H2,2H3,(H,13,15). The van der Waals surface area contributed by atoms with Gasteiger partial charge in [0.25, 0.3) is 0 Å². The van der Waals surface area contributed by atoms with Gasteiger partial charge in [0.1, 0.15) is 0 Å². The van der Waals surface area contributed by atoms with Gasteiger partial charge < -0.3 is 10.6 Å². The molecule has 0 aliphatic heterocycles. The number of nitrogens with one attached hydrogen (secondary N) is 2. The van der Waals surface area contributed by atoms with Gasteiger partial charge in [0.15, 0.2) is 0 Å². The van der Waals surface area contributed by atoms with Crippen LogP contribution in [-0.4, -0.2) is 26.0 Å². The van der Waals surface area contributed by atoms with E-state index in [1.807, 2.05) is 6.08 Å². The fraction of sp³-hybridized carbons (Fsp3) is 0.750. The highest BCUT2D eigenvalue weighted by Gasteiger charge is 2.25. The SMILES string of the molecule is C=CCNCC1CCCC(C(=O)NC)C1. The van der Waals surface area contributed by atoms with Crippen LogP contribution in [0.3, 0.4) is 0 Å². The third kappa shape index (κ3) is 4.04. The fourth-order valence-corrected chi connectivity index (χ4v) is 2.31. The zero-order chi connectivity index (χ0) is 11.1. The minimum Gasteiger partial charge on any atom is -0.359 e. The van der Waals surface area contributed by atoms with Crippen LogP contribution in [0.5, 0.6) is 0 Å². The Balaban J connectivity index is 2.28. The molecule has 0 aromatic rings. The molecule has 0 radical (unpaired) electrons. The second-order valence-corrected chi connectivity index (χ2v) is 4.29. The molecule has 2 unspecified atom stereocenters. The van der Waals surface area contributed by atoms with Crippen molar-refractivity contribution in [1.29, 1.82) is 0 Å². The zero-order valence-electron chi connectivity index (χ0n) is 9.59. The van der Waals surface area contributed by atoms with E-state index in [0.717, 1.165) is 25.9 Å². The molecule has 1 aliphatic rings. The van der Waals surface area contributed by atoms with Crippen LogP contribution in [0.25, 0.3) is 0 Å². The van der Waals surface area contributed by atoms with E-state index in [1.54, 1.807) is 7.05 Å². The molecule has 1 amide bonds. The summed E-state index contributed by atoms with van der Waals surface area (Å²) in [6, 6.07) is 0. The second kappa shape index (κ2) is 6.62. The summed E-state index contributed by atoms with van der Waals surface area (Å²) < 4.78 is 0. The van der Waals surface area contributed by atoms with Crippen LogP contribution in [0, 0.1) is 11.8 Å². The van der Waals surface area contributed by atoms with E-state index in [-0.39, 0.29) is 11.8 Å². The summed E-state index contributed by atoms with van der Waals surface area (Å²) in [5, 5.41) is 6.08. The molecule has 0 aromatic heterocycles. The average molecular weight is 210 g/mol. The highest BCUT2D eigenvalue weighted by atomic mass is 16.1. The molecule has 1 aliphatic carbocycles. The molecular weight excluding hydrogens is 188 g/mol. The molecule has 15 heavy (non-hydrogen) atoms. The molecule has 1 rings (SSSR count). The highest BCUT2D eigenvalue weighted by molar-refractivity contribution is 5.78. The van der Waals surface area contributed by atoms with E-state index in [2.05, 4.69) is 17.2 Å². The molecule has 1 fully saturated rings. The van der Waals surface area contributed by atoms with Crippen molar-refractivity contribution < 1.29 is 4.79 Å². The molecule has 0 saturated heterocycles. The van der Waals surface area contributed by atoms with Crippen molar-refractivity contribution in [1.82, 2.24) is 10.6 Å². The van der Waals surface area contributed by atoms with E-state index in [1.165, 1.54) is 12.8 Å². The topological polar surface area (TPSA) is 41.1 Å². The second-order valence-electron chi connectivity index (χ2n) is 4.29. The predicted octanol–water partition coefficient (Wildman–Crippen LogP) is 1.31. The van der Waals surface area contributed by atoms with Gasteiger partial charge in [-0.3, -0.25) is 4.79 Å². The van der Waals surface area contributed by atoms with E-state index >= 15 is 0 Å². The van der Waals surface area contributed by atoms with Gasteiger partial charge in [-0.25, -0.2) is 0 Å². The van der Waals surface area contributed by atoms with Crippen LogP contribution < -0.4 is 10.6 Å². The summed E-state index contributed by atoms with van der Waals surface area (Å²) in [6.45, 7) is 5.55. The normalized spacial score (nSPS) is 25.9. The van der Waals surface area contributed by atoms with Crippen LogP contribution in [-0.2, 0) is 4.79 Å². The molecule has 3 nitrogen and oxygen atoms in total. The number of carbonyl (C=O) groups excluding carboxylic acids is 1. The lowest BCUT2D eigenvalue weighted by Crippen LogP contribution is -2.34. The van der Waals surface area contributed by atoms with Gasteiger partial charge in [0, 0.05) is 19.5 Å². The van der Waals surface area contributed by atoms with Gasteiger partial charge in [-0.2, -0.15) is 0 Å². The van der Waals surface area contributed by atoms with Crippen LogP contribution in [0.1, 0.15) is 25.7 Å². The molecule has 2 N–H and O–H groups in total. The molecule has 1 saturated carbocycles. The maximum absolute atomic E-state index is 11.5. The van der Waals surface area contributed by atoms with Crippen LogP contribution in [0.4, 0.5) is 0 Å². The molecule has 0 spiro atoms. The Labute approximate surface area is 92.3 Å². The largest absolute Gasteiger partial charge is 0.359 e. The van der Waals surface area contributed by atoms with Crippen LogP contribution in [0.15, 0.2) is 12.7 Å². The third-order valence-corrected chi connectivity index (χ3v) is 3.12. The maximum atomic E-state index is 11.5. The first-order valence-corrected chi connectivity index (χ1v) is 5.81. The first-order valence-electron chi connectivity index (χ1n) is 5.81. The predicted molar refractivity (Wildman–Crippen MR) is 62.6 cm³/mol. The van der Waals surface area contributed by atoms with Crippen molar-refractivity contribution in [3.8, 4) is 0 Å². The van der Waals surface area contributed by atoms with Crippen molar-refractivity contribution in [3.05, 3.63) is 12.7 Å². The first-order chi connectivity index (χ1) is 7.27. The van der Waals surface area contributed by atoms with E-state index in [9.17, 15) is 4.79 Å². The van der Waals surface area contributed by atoms with Crippen molar-refractivity contribution in [2.75, 3.05) is 20.1 Å². The highest BCUT2D eigenvalue weighted by Crippen LogP contribution is 2.28. The van der Waals surface area contributed by atoms with Crippen molar-refractivity contribution in [3.63, 3.8) is 0 Å². The Morgan fingerprint density at radius 2 is 2.33 bits per heavy atom. The van der Waals surface area contributed by atoms with Crippen LogP contribution in [0.2, 0.25) is 0 Å². The molecule has 0 aromatic carbocycles. The molecular formula is C12H22N2O. The summed E-state index contributed by atoms with van der Waals surface area (Å²) in [5.41, 5.74) is 0. The zero-order valence-corrected chi connectivity index (χ0v) is 9.59. The van der Waals surface area contributed by atoms with Gasteiger partial charge in [-0.05, 0) is 31.7 Å². The van der Waals surface area contributed by atoms with Gasteiger partial charge in [-0.15, -0.1) is 6.58 Å². The molecule has 3 heteroatoms. The number of rotatable bonds is 5. The summed E-state index contributed by atoms with van der Waals surface area (Å²) in [5.74, 6) is 1.10. The van der Waals surface area contributed by atoms with E-state index < -0.39 is 0 Å². The van der Waals surface area contributed by atoms with E-state index in [0.29, 0.717) is 5.92 Å². The average Bonchev–Trinajstić information content (AvgIpc) is 2.29. The summed E-state index contributed by atoms with van der Waals surface area (Å²) in [4.78, 5) is 11.5. The Morgan fingerprint density at radius 1 is 1.53 bits per heavy atom. The number of carbonyl (C=O) groups is 1. The fourth-order valence-electron chi connectivity index (χ4n) is 2.31. The van der Waals surface area contributed by atoms with Crippen molar-refractivity contribution in [2.45, 2.75) is 25.7 Å². The molecule has 0 bridgehead atoms. The van der Waals surface area contributed by atoms with E-state index in [4.69, 9.17) is 0 Å². The van der Waals surface area contributed by atoms with Crippen molar-refractivity contribution >= 4 is 5.91 Å². The molecule has 2 atom stereocenters.